The zero-order chi connectivity index (χ0) is 12.0. The Morgan fingerprint density at radius 1 is 1.40 bits per heavy atom. The molecule has 0 fully saturated rings. The molecule has 0 heterocycles. The van der Waals surface area contributed by atoms with Crippen molar-refractivity contribution in [3.05, 3.63) is 0 Å². The predicted octanol–water partition coefficient (Wildman–Crippen LogP) is -1.83. The molecule has 2 atom stereocenters. The highest BCUT2D eigenvalue weighted by molar-refractivity contribution is 5.88. The second-order valence-corrected chi connectivity index (χ2v) is 3.18. The van der Waals surface area contributed by atoms with Crippen molar-refractivity contribution in [3.8, 4) is 0 Å². The van der Waals surface area contributed by atoms with E-state index in [9.17, 15) is 14.4 Å². The molecule has 0 saturated carbocycles. The van der Waals surface area contributed by atoms with E-state index >= 15 is 0 Å². The van der Waals surface area contributed by atoms with E-state index in [1.54, 1.807) is 0 Å². The van der Waals surface area contributed by atoms with Crippen LogP contribution in [0.5, 0.6) is 0 Å². The van der Waals surface area contributed by atoms with Crippen molar-refractivity contribution in [2.75, 3.05) is 0 Å². The lowest BCUT2D eigenvalue weighted by molar-refractivity contribution is -0.137. The van der Waals surface area contributed by atoms with Crippen LogP contribution < -0.4 is 16.8 Å². The zero-order valence-electron chi connectivity index (χ0n) is 8.40. The van der Waals surface area contributed by atoms with Gasteiger partial charge in [0.1, 0.15) is 6.04 Å². The molecule has 0 aliphatic rings. The molecule has 0 aliphatic heterocycles. The van der Waals surface area contributed by atoms with Crippen LogP contribution >= 0.6 is 0 Å². The molecule has 86 valence electrons. The number of amides is 2. The number of primary amides is 1. The third kappa shape index (κ3) is 5.63. The number of carboxylic acid groups (broad SMARTS) is 1. The highest BCUT2D eigenvalue weighted by atomic mass is 16.4. The number of nitrogens with one attached hydrogen (secondary N) is 1. The highest BCUT2D eigenvalue weighted by Gasteiger charge is 2.20. The first-order chi connectivity index (χ1) is 6.84. The van der Waals surface area contributed by atoms with Crippen molar-refractivity contribution >= 4 is 17.8 Å². The summed E-state index contributed by atoms with van der Waals surface area (Å²) in [4.78, 5) is 32.2. The van der Waals surface area contributed by atoms with Gasteiger partial charge in [-0.25, -0.2) is 0 Å². The SMILES string of the molecule is C[C@H](N)C(=O)N[C@@H](CCC(=O)O)C(N)=O. The third-order valence-corrected chi connectivity index (χ3v) is 1.72. The molecule has 7 heteroatoms. The fourth-order valence-electron chi connectivity index (χ4n) is 0.857. The topological polar surface area (TPSA) is 136 Å². The van der Waals surface area contributed by atoms with Crippen LogP contribution in [0, 0.1) is 0 Å². The number of carbonyl (C=O) groups is 3. The monoisotopic (exact) mass is 217 g/mol. The van der Waals surface area contributed by atoms with Gasteiger partial charge in [0, 0.05) is 6.42 Å². The van der Waals surface area contributed by atoms with Gasteiger partial charge in [-0.2, -0.15) is 0 Å². The summed E-state index contributed by atoms with van der Waals surface area (Å²) in [5, 5.41) is 10.7. The van der Waals surface area contributed by atoms with E-state index in [4.69, 9.17) is 16.6 Å². The van der Waals surface area contributed by atoms with E-state index in [0.29, 0.717) is 0 Å². The average molecular weight is 217 g/mol. The van der Waals surface area contributed by atoms with E-state index < -0.39 is 29.9 Å². The standard InChI is InChI=1S/C8H15N3O4/c1-4(9)8(15)11-5(7(10)14)2-3-6(12)13/h4-5H,2-3,9H2,1H3,(H2,10,14)(H,11,15)(H,12,13)/t4-,5-/m0/s1. The third-order valence-electron chi connectivity index (χ3n) is 1.72. The molecule has 0 bridgehead atoms. The molecule has 7 nitrogen and oxygen atoms in total. The lowest BCUT2D eigenvalue weighted by Crippen LogP contribution is -2.49. The lowest BCUT2D eigenvalue weighted by Gasteiger charge is -2.15. The van der Waals surface area contributed by atoms with Crippen LogP contribution in [-0.4, -0.2) is 35.0 Å². The molecule has 0 spiro atoms. The number of hydrogen-bond acceptors (Lipinski definition) is 4. The van der Waals surface area contributed by atoms with Crippen LogP contribution in [-0.2, 0) is 14.4 Å². The van der Waals surface area contributed by atoms with Gasteiger partial charge in [-0.1, -0.05) is 0 Å². The Labute approximate surface area is 86.8 Å². The first-order valence-corrected chi connectivity index (χ1v) is 4.41. The summed E-state index contributed by atoms with van der Waals surface area (Å²) < 4.78 is 0. The van der Waals surface area contributed by atoms with Gasteiger partial charge in [-0.3, -0.25) is 14.4 Å². The summed E-state index contributed by atoms with van der Waals surface area (Å²) in [5.74, 6) is -2.37. The number of hydrogen-bond donors (Lipinski definition) is 4. The first-order valence-electron chi connectivity index (χ1n) is 4.41. The van der Waals surface area contributed by atoms with Crippen LogP contribution in [0.25, 0.3) is 0 Å². The number of rotatable bonds is 6. The molecule has 0 radical (unpaired) electrons. The minimum atomic E-state index is -1.06. The first kappa shape index (κ1) is 13.4. The van der Waals surface area contributed by atoms with Crippen molar-refractivity contribution in [1.29, 1.82) is 0 Å². The van der Waals surface area contributed by atoms with Crippen molar-refractivity contribution < 1.29 is 19.5 Å². The Morgan fingerprint density at radius 2 is 1.93 bits per heavy atom. The average Bonchev–Trinajstić information content (AvgIpc) is 2.10. The summed E-state index contributed by atoms with van der Waals surface area (Å²) in [5.41, 5.74) is 10.2. The number of nitrogens with two attached hydrogens (primary N) is 2. The largest absolute Gasteiger partial charge is 0.481 e. The van der Waals surface area contributed by atoms with Gasteiger partial charge in [0.05, 0.1) is 6.04 Å². The van der Waals surface area contributed by atoms with E-state index in [-0.39, 0.29) is 12.8 Å². The molecule has 6 N–H and O–H groups in total. The summed E-state index contributed by atoms with van der Waals surface area (Å²) >= 11 is 0. The molecular weight excluding hydrogens is 202 g/mol. The van der Waals surface area contributed by atoms with Crippen LogP contribution in [0.1, 0.15) is 19.8 Å². The van der Waals surface area contributed by atoms with Crippen LogP contribution in [0.4, 0.5) is 0 Å². The Balaban J connectivity index is 4.22. The minimum absolute atomic E-state index is 0.0386. The summed E-state index contributed by atoms with van der Waals surface area (Å²) in [6.07, 6.45) is -0.282. The number of aliphatic carboxylic acids is 1. The zero-order valence-corrected chi connectivity index (χ0v) is 8.40. The second-order valence-electron chi connectivity index (χ2n) is 3.18. The Morgan fingerprint density at radius 3 is 2.27 bits per heavy atom. The van der Waals surface area contributed by atoms with Gasteiger partial charge in [-0.15, -0.1) is 0 Å². The van der Waals surface area contributed by atoms with E-state index in [1.165, 1.54) is 6.92 Å². The molecule has 0 aliphatic carbocycles. The molecule has 0 unspecified atom stereocenters. The van der Waals surface area contributed by atoms with Gasteiger partial charge in [-0.05, 0) is 13.3 Å². The van der Waals surface area contributed by atoms with E-state index in [0.717, 1.165) is 0 Å². The normalized spacial score (nSPS) is 14.0. The van der Waals surface area contributed by atoms with Crippen molar-refractivity contribution in [1.82, 2.24) is 5.32 Å². The molecule has 0 aromatic rings. The van der Waals surface area contributed by atoms with Crippen molar-refractivity contribution in [3.63, 3.8) is 0 Å². The number of carboxylic acids is 1. The molecule has 0 aromatic heterocycles. The minimum Gasteiger partial charge on any atom is -0.481 e. The van der Waals surface area contributed by atoms with Gasteiger partial charge in [0.2, 0.25) is 11.8 Å². The maximum absolute atomic E-state index is 11.1. The van der Waals surface area contributed by atoms with Gasteiger partial charge in [0.15, 0.2) is 0 Å². The highest BCUT2D eigenvalue weighted by Crippen LogP contribution is 1.97. The Hall–Kier alpha value is -1.63. The van der Waals surface area contributed by atoms with Crippen LogP contribution in [0.2, 0.25) is 0 Å². The molecule has 0 rings (SSSR count). The smallest absolute Gasteiger partial charge is 0.303 e. The van der Waals surface area contributed by atoms with Gasteiger partial charge < -0.3 is 21.9 Å². The van der Waals surface area contributed by atoms with E-state index in [2.05, 4.69) is 5.32 Å². The lowest BCUT2D eigenvalue weighted by atomic mass is 10.1. The van der Waals surface area contributed by atoms with E-state index in [1.807, 2.05) is 0 Å². The molecule has 15 heavy (non-hydrogen) atoms. The second kappa shape index (κ2) is 5.97. The molecule has 0 aromatic carbocycles. The summed E-state index contributed by atoms with van der Waals surface area (Å²) in [6.45, 7) is 1.45. The van der Waals surface area contributed by atoms with Gasteiger partial charge >= 0.3 is 5.97 Å². The summed E-state index contributed by atoms with van der Waals surface area (Å²) in [7, 11) is 0. The van der Waals surface area contributed by atoms with Gasteiger partial charge in [0.25, 0.3) is 0 Å². The molecule has 2 amide bonds. The van der Waals surface area contributed by atoms with Crippen LogP contribution in [0.15, 0.2) is 0 Å². The van der Waals surface area contributed by atoms with Crippen molar-refractivity contribution in [2.24, 2.45) is 11.5 Å². The molecule has 0 saturated heterocycles. The maximum atomic E-state index is 11.1. The van der Waals surface area contributed by atoms with Crippen molar-refractivity contribution in [2.45, 2.75) is 31.8 Å². The fraction of sp³-hybridized carbons (Fsp3) is 0.625. The number of carbonyl (C=O) groups excluding carboxylic acids is 2. The predicted molar refractivity (Wildman–Crippen MR) is 51.6 cm³/mol. The Kier molecular flexibility index (Phi) is 5.32. The fourth-order valence-corrected chi connectivity index (χ4v) is 0.857. The summed E-state index contributed by atoms with van der Waals surface area (Å²) in [6, 6.07) is -1.75. The quantitative estimate of drug-likeness (QED) is 0.415. The van der Waals surface area contributed by atoms with Crippen LogP contribution in [0.3, 0.4) is 0 Å². The molecular formula is C8H15N3O4. The maximum Gasteiger partial charge on any atom is 0.303 e. The Bertz CT molecular complexity index is 265.